The van der Waals surface area contributed by atoms with Crippen LogP contribution < -0.4 is 0 Å². The van der Waals surface area contributed by atoms with Crippen LogP contribution in [0.25, 0.3) is 0 Å². The van der Waals surface area contributed by atoms with Crippen LogP contribution in [0.5, 0.6) is 0 Å². The van der Waals surface area contributed by atoms with Gasteiger partial charge in [-0.15, -0.1) is 0 Å². The summed E-state index contributed by atoms with van der Waals surface area (Å²) < 4.78 is 0. The number of likely N-dealkylation sites (N-methyl/N-ethyl adjacent to an activating group) is 1. The third kappa shape index (κ3) is 3.79. The molecule has 0 radical (unpaired) electrons. The molecule has 0 fully saturated rings. The second kappa shape index (κ2) is 6.10. The van der Waals surface area contributed by atoms with Gasteiger partial charge in [0.2, 0.25) is 5.91 Å². The number of allylic oxidation sites excluding steroid dienone is 1. The van der Waals surface area contributed by atoms with Crippen molar-refractivity contribution in [2.24, 2.45) is 10.8 Å². The molecule has 1 aliphatic rings. The van der Waals surface area contributed by atoms with E-state index in [-0.39, 0.29) is 16.7 Å². The summed E-state index contributed by atoms with van der Waals surface area (Å²) in [6.45, 7) is 12.3. The molecule has 0 N–H and O–H groups in total. The molecule has 1 rings (SSSR count). The minimum atomic E-state index is -0.0792. The van der Waals surface area contributed by atoms with E-state index in [1.54, 1.807) is 0 Å². The van der Waals surface area contributed by atoms with Gasteiger partial charge in [0.25, 0.3) is 0 Å². The van der Waals surface area contributed by atoms with Crippen molar-refractivity contribution in [3.05, 3.63) is 11.3 Å². The fourth-order valence-corrected chi connectivity index (χ4v) is 2.95. The van der Waals surface area contributed by atoms with E-state index >= 15 is 0 Å². The van der Waals surface area contributed by atoms with Crippen molar-refractivity contribution in [3.8, 4) is 0 Å². The molecule has 0 saturated heterocycles. The minimum Gasteiger partial charge on any atom is -0.314 e. The average Bonchev–Trinajstić information content (AvgIpc) is 2.72. The van der Waals surface area contributed by atoms with Gasteiger partial charge in [0.1, 0.15) is 0 Å². The summed E-state index contributed by atoms with van der Waals surface area (Å²) >= 11 is 4.51. The van der Waals surface area contributed by atoms with Gasteiger partial charge in [-0.05, 0) is 31.5 Å². The van der Waals surface area contributed by atoms with Crippen LogP contribution in [0.3, 0.4) is 0 Å². The van der Waals surface area contributed by atoms with E-state index in [1.165, 1.54) is 11.3 Å². The topological polar surface area (TPSA) is 23.6 Å². The summed E-state index contributed by atoms with van der Waals surface area (Å²) in [5.41, 5.74) is 2.63. The first kappa shape index (κ1) is 17.6. The van der Waals surface area contributed by atoms with Crippen molar-refractivity contribution in [2.75, 3.05) is 32.9 Å². The molecule has 1 amide bonds. The third-order valence-corrected chi connectivity index (χ3v) is 4.63. The van der Waals surface area contributed by atoms with Crippen molar-refractivity contribution in [2.45, 2.75) is 41.0 Å². The highest BCUT2D eigenvalue weighted by molar-refractivity contribution is 7.80. The first-order valence-corrected chi connectivity index (χ1v) is 7.94. The highest BCUT2D eigenvalue weighted by Gasteiger charge is 2.39. The molecule has 0 bridgehead atoms. The predicted molar refractivity (Wildman–Crippen MR) is 89.0 cm³/mol. The van der Waals surface area contributed by atoms with E-state index in [0.29, 0.717) is 6.54 Å². The molecular weight excluding hydrogens is 268 g/mol. The molecule has 0 aromatic carbocycles. The molecule has 1 heterocycles. The van der Waals surface area contributed by atoms with Gasteiger partial charge in [-0.3, -0.25) is 4.79 Å². The Balaban J connectivity index is 3.22. The lowest BCUT2D eigenvalue weighted by Crippen LogP contribution is -2.40. The second-order valence-corrected chi connectivity index (χ2v) is 7.97. The van der Waals surface area contributed by atoms with Crippen molar-refractivity contribution in [1.29, 1.82) is 0 Å². The van der Waals surface area contributed by atoms with E-state index in [4.69, 9.17) is 0 Å². The van der Waals surface area contributed by atoms with E-state index in [0.717, 1.165) is 18.7 Å². The Labute approximate surface area is 129 Å². The number of carbonyl (C=O) groups excluding carboxylic acids is 1. The lowest BCUT2D eigenvalue weighted by Gasteiger charge is -2.35. The molecule has 0 atom stereocenters. The Kier molecular flexibility index (Phi) is 5.36. The number of carbonyl (C=O) groups is 1. The minimum absolute atomic E-state index is 0.0792. The van der Waals surface area contributed by atoms with Gasteiger partial charge >= 0.3 is 0 Å². The predicted octanol–water partition coefficient (Wildman–Crippen LogP) is 3.04. The highest BCUT2D eigenvalue weighted by atomic mass is 32.1. The van der Waals surface area contributed by atoms with Gasteiger partial charge in [-0.2, -0.15) is 12.6 Å². The molecule has 4 heteroatoms. The average molecular weight is 298 g/mol. The Bertz CT molecular complexity index is 405. The smallest absolute Gasteiger partial charge is 0.240 e. The van der Waals surface area contributed by atoms with E-state index in [9.17, 15) is 4.79 Å². The number of rotatable bonds is 4. The van der Waals surface area contributed by atoms with Gasteiger partial charge in [-0.1, -0.05) is 34.6 Å². The van der Waals surface area contributed by atoms with Crippen LogP contribution in [0.15, 0.2) is 11.3 Å². The van der Waals surface area contributed by atoms with Crippen LogP contribution in [0, 0.1) is 10.8 Å². The largest absolute Gasteiger partial charge is 0.314 e. The monoisotopic (exact) mass is 298 g/mol. The summed E-state index contributed by atoms with van der Waals surface area (Å²) in [5.74, 6) is 0.937. The van der Waals surface area contributed by atoms with Crippen LogP contribution in [0.2, 0.25) is 0 Å². The summed E-state index contributed by atoms with van der Waals surface area (Å²) in [6.07, 6.45) is 0.981. The van der Waals surface area contributed by atoms with Crippen LogP contribution in [-0.2, 0) is 4.79 Å². The molecule has 3 nitrogen and oxygen atoms in total. The van der Waals surface area contributed by atoms with Gasteiger partial charge in [-0.25, -0.2) is 0 Å². The molecule has 0 unspecified atom stereocenters. The Morgan fingerprint density at radius 1 is 1.25 bits per heavy atom. The molecule has 0 aromatic heterocycles. The van der Waals surface area contributed by atoms with Crippen LogP contribution in [0.4, 0.5) is 0 Å². The fraction of sp³-hybridized carbons (Fsp3) is 0.812. The summed E-state index contributed by atoms with van der Waals surface area (Å²) in [5, 5.41) is 0. The zero-order valence-corrected chi connectivity index (χ0v) is 15.0. The van der Waals surface area contributed by atoms with E-state index in [1.807, 2.05) is 23.9 Å². The Hall–Kier alpha value is -0.480. The maximum atomic E-state index is 12.5. The molecule has 0 saturated carbocycles. The van der Waals surface area contributed by atoms with Crippen molar-refractivity contribution in [1.82, 2.24) is 9.80 Å². The van der Waals surface area contributed by atoms with Crippen LogP contribution >= 0.6 is 12.6 Å². The van der Waals surface area contributed by atoms with Gasteiger partial charge in [0.15, 0.2) is 0 Å². The summed E-state index contributed by atoms with van der Waals surface area (Å²) in [4.78, 5) is 16.5. The van der Waals surface area contributed by atoms with Gasteiger partial charge < -0.3 is 9.80 Å². The quantitative estimate of drug-likeness (QED) is 0.807. The van der Waals surface area contributed by atoms with Crippen molar-refractivity contribution >= 4 is 18.5 Å². The molecule has 20 heavy (non-hydrogen) atoms. The fourth-order valence-electron chi connectivity index (χ4n) is 2.80. The summed E-state index contributed by atoms with van der Waals surface area (Å²) in [6, 6.07) is 0. The highest BCUT2D eigenvalue weighted by Crippen LogP contribution is 2.44. The number of hydrogen-bond acceptors (Lipinski definition) is 3. The molecule has 1 aliphatic heterocycles. The van der Waals surface area contributed by atoms with Crippen molar-refractivity contribution in [3.63, 3.8) is 0 Å². The second-order valence-electron chi connectivity index (χ2n) is 7.65. The molecule has 116 valence electrons. The lowest BCUT2D eigenvalue weighted by atomic mass is 9.78. The van der Waals surface area contributed by atoms with Gasteiger partial charge in [0.05, 0.1) is 6.54 Å². The number of nitrogens with zero attached hydrogens (tertiary/aromatic N) is 2. The first-order valence-electron chi connectivity index (χ1n) is 7.31. The summed E-state index contributed by atoms with van der Waals surface area (Å²) in [7, 11) is 3.87. The standard InChI is InChI=1S/C16H30N2OS/c1-15(2,3)12-8-9-18(13(19)10-17(6)7)14(12)16(4,5)11-20/h20H,8-11H2,1-7H3. The van der Waals surface area contributed by atoms with Crippen LogP contribution in [0.1, 0.15) is 41.0 Å². The van der Waals surface area contributed by atoms with E-state index in [2.05, 4.69) is 47.2 Å². The zero-order chi connectivity index (χ0) is 15.7. The molecular formula is C16H30N2OS. The first-order chi connectivity index (χ1) is 9.00. The Morgan fingerprint density at radius 2 is 1.80 bits per heavy atom. The number of thiol groups is 1. The number of hydrogen-bond donors (Lipinski definition) is 1. The SMILES string of the molecule is CN(C)CC(=O)N1CCC(C(C)(C)C)=C1C(C)(C)CS. The maximum Gasteiger partial charge on any atom is 0.240 e. The Morgan fingerprint density at radius 3 is 2.20 bits per heavy atom. The third-order valence-electron chi connectivity index (χ3n) is 3.84. The number of amides is 1. The molecule has 0 spiro atoms. The van der Waals surface area contributed by atoms with Gasteiger partial charge in [0, 0.05) is 23.4 Å². The zero-order valence-electron chi connectivity index (χ0n) is 14.1. The van der Waals surface area contributed by atoms with Crippen molar-refractivity contribution < 1.29 is 4.79 Å². The van der Waals surface area contributed by atoms with Crippen LogP contribution in [-0.4, -0.2) is 48.6 Å². The molecule has 0 aliphatic carbocycles. The van der Waals surface area contributed by atoms with E-state index < -0.39 is 0 Å². The maximum absolute atomic E-state index is 12.5. The lowest BCUT2D eigenvalue weighted by molar-refractivity contribution is -0.130. The molecule has 0 aromatic rings. The normalized spacial score (nSPS) is 17.4.